The van der Waals surface area contributed by atoms with Crippen LogP contribution in [-0.4, -0.2) is 48.1 Å². The second kappa shape index (κ2) is 12.4. The maximum absolute atomic E-state index is 12.6. The van der Waals surface area contributed by atoms with Crippen molar-refractivity contribution in [1.82, 2.24) is 9.97 Å². The minimum absolute atomic E-state index is 0.0293. The molecule has 0 unspecified atom stereocenters. The Morgan fingerprint density at radius 3 is 2.19 bits per heavy atom. The number of phenols is 1. The first-order valence-electron chi connectivity index (χ1n) is 14.5. The summed E-state index contributed by atoms with van der Waals surface area (Å²) >= 11 is 0. The van der Waals surface area contributed by atoms with E-state index in [0.717, 1.165) is 40.1 Å². The second-order valence-electron chi connectivity index (χ2n) is 11.2. The van der Waals surface area contributed by atoms with Gasteiger partial charge < -0.3 is 10.0 Å². The third kappa shape index (κ3) is 6.46. The molecule has 3 N–H and O–H groups in total. The Bertz CT molecular complexity index is 2490. The minimum atomic E-state index is -5.03. The van der Waals surface area contributed by atoms with Crippen molar-refractivity contribution in [3.8, 4) is 5.75 Å². The number of phenolic OH excluding ortho intramolecular Hbond substituents is 1. The Labute approximate surface area is 276 Å². The molecule has 0 fully saturated rings. The normalized spacial score (nSPS) is 12.3. The number of rotatable bonds is 8. The zero-order valence-corrected chi connectivity index (χ0v) is 27.5. The molecule has 48 heavy (non-hydrogen) atoms. The predicted molar refractivity (Wildman–Crippen MR) is 182 cm³/mol. The maximum Gasteiger partial charge on any atom is 0.296 e. The summed E-state index contributed by atoms with van der Waals surface area (Å²) < 4.78 is 70.1. The third-order valence-corrected chi connectivity index (χ3v) is 9.61. The number of aromatic nitrogens is 2. The number of hydrogen-bond acceptors (Lipinski definition) is 10. The van der Waals surface area contributed by atoms with E-state index >= 15 is 0 Å². The van der Waals surface area contributed by atoms with Gasteiger partial charge in [0.25, 0.3) is 20.2 Å². The molecule has 1 aromatic heterocycles. The molecular weight excluding hydrogens is 655 g/mol. The van der Waals surface area contributed by atoms with Gasteiger partial charge in [-0.2, -0.15) is 21.9 Å². The van der Waals surface area contributed by atoms with Crippen molar-refractivity contribution in [2.75, 3.05) is 11.9 Å². The summed E-state index contributed by atoms with van der Waals surface area (Å²) in [7, 11) is -8.29. The summed E-state index contributed by atoms with van der Waals surface area (Å²) in [4.78, 5) is 9.11. The van der Waals surface area contributed by atoms with Gasteiger partial charge >= 0.3 is 0 Å². The van der Waals surface area contributed by atoms with Crippen LogP contribution in [0.25, 0.3) is 21.5 Å². The quantitative estimate of drug-likeness (QED) is 0.108. The van der Waals surface area contributed by atoms with Crippen molar-refractivity contribution in [3.05, 3.63) is 114 Å². The molecule has 1 heterocycles. The smallest absolute Gasteiger partial charge is 0.296 e. The number of fused-ring (bicyclic) bond motifs is 2. The van der Waals surface area contributed by atoms with Crippen LogP contribution in [0.4, 0.5) is 22.9 Å². The van der Waals surface area contributed by atoms with Crippen LogP contribution in [-0.2, 0) is 26.7 Å². The average Bonchev–Trinajstić information content (AvgIpc) is 3.03. The van der Waals surface area contributed by atoms with E-state index in [-0.39, 0.29) is 16.5 Å². The zero-order chi connectivity index (χ0) is 34.4. The summed E-state index contributed by atoms with van der Waals surface area (Å²) in [5.41, 5.74) is 2.24. The lowest BCUT2D eigenvalue weighted by atomic mass is 10.0. The first-order chi connectivity index (χ1) is 22.7. The van der Waals surface area contributed by atoms with E-state index in [1.54, 1.807) is 26.1 Å². The van der Waals surface area contributed by atoms with Crippen LogP contribution in [0.1, 0.15) is 22.6 Å². The Balaban J connectivity index is 1.57. The molecule has 0 radical (unpaired) electrons. The van der Waals surface area contributed by atoms with Crippen LogP contribution in [0, 0.1) is 13.8 Å². The SMILES string of the molecule is Cc1nc(Cc2ccccc2)cc(N(C)c2cc(S(=O)(=O)O)cc3cc(S(=O)(=O)O)c(N=Nc4ccc5ccccc5c4C)c(O)c23)n1. The highest BCUT2D eigenvalue weighted by Gasteiger charge is 2.27. The Hall–Kier alpha value is -5.28. The molecule has 0 bridgehead atoms. The van der Waals surface area contributed by atoms with E-state index in [1.807, 2.05) is 67.6 Å². The molecule has 0 atom stereocenters. The molecule has 0 aliphatic carbocycles. The van der Waals surface area contributed by atoms with Crippen molar-refractivity contribution < 1.29 is 31.0 Å². The molecule has 0 aliphatic heterocycles. The Kier molecular flexibility index (Phi) is 8.43. The number of anilines is 2. The van der Waals surface area contributed by atoms with E-state index in [2.05, 4.69) is 20.2 Å². The lowest BCUT2D eigenvalue weighted by molar-refractivity contribution is 0.472. The molecule has 6 aromatic rings. The van der Waals surface area contributed by atoms with Gasteiger partial charge in [0.05, 0.1) is 22.0 Å². The molecule has 6 rings (SSSR count). The van der Waals surface area contributed by atoms with Crippen LogP contribution in [0.2, 0.25) is 0 Å². The maximum atomic E-state index is 12.6. The first kappa shape index (κ1) is 32.7. The first-order valence-corrected chi connectivity index (χ1v) is 17.4. The molecule has 244 valence electrons. The molecule has 0 saturated heterocycles. The largest absolute Gasteiger partial charge is 0.505 e. The highest BCUT2D eigenvalue weighted by Crippen LogP contribution is 2.47. The molecule has 14 heteroatoms. The van der Waals surface area contributed by atoms with E-state index in [0.29, 0.717) is 29.4 Å². The highest BCUT2D eigenvalue weighted by atomic mass is 32.2. The van der Waals surface area contributed by atoms with Crippen LogP contribution in [0.15, 0.2) is 111 Å². The molecule has 0 amide bonds. The number of aryl methyl sites for hydroxylation is 2. The fraction of sp³-hybridized carbons (Fsp3) is 0.118. The van der Waals surface area contributed by atoms with Crippen molar-refractivity contribution in [2.45, 2.75) is 30.1 Å². The second-order valence-corrected chi connectivity index (χ2v) is 14.0. The Morgan fingerprint density at radius 2 is 1.48 bits per heavy atom. The molecule has 12 nitrogen and oxygen atoms in total. The number of azo groups is 1. The molecule has 0 saturated carbocycles. The third-order valence-electron chi connectivity index (χ3n) is 7.92. The fourth-order valence-corrected chi connectivity index (χ4v) is 6.77. The van der Waals surface area contributed by atoms with Crippen molar-refractivity contribution >= 4 is 64.7 Å². The average molecular weight is 684 g/mol. The van der Waals surface area contributed by atoms with Gasteiger partial charge in [-0.05, 0) is 65.4 Å². The number of aromatic hydroxyl groups is 1. The number of benzene rings is 5. The van der Waals surface area contributed by atoms with Crippen LogP contribution < -0.4 is 4.90 Å². The van der Waals surface area contributed by atoms with E-state index in [1.165, 1.54) is 4.90 Å². The van der Waals surface area contributed by atoms with Gasteiger partial charge in [-0.15, -0.1) is 5.11 Å². The number of nitrogens with zero attached hydrogens (tertiary/aromatic N) is 5. The monoisotopic (exact) mass is 683 g/mol. The molecule has 5 aromatic carbocycles. The molecular formula is C34H29N5O7S2. The minimum Gasteiger partial charge on any atom is -0.505 e. The number of hydrogen-bond donors (Lipinski definition) is 3. The van der Waals surface area contributed by atoms with Gasteiger partial charge in [-0.3, -0.25) is 9.11 Å². The predicted octanol–water partition coefficient (Wildman–Crippen LogP) is 7.37. The van der Waals surface area contributed by atoms with Gasteiger partial charge in [-0.1, -0.05) is 60.7 Å². The summed E-state index contributed by atoms with van der Waals surface area (Å²) in [6.45, 7) is 3.52. The zero-order valence-electron chi connectivity index (χ0n) is 25.9. The van der Waals surface area contributed by atoms with Gasteiger partial charge in [0.15, 0.2) is 5.75 Å². The van der Waals surface area contributed by atoms with Gasteiger partial charge in [0, 0.05) is 24.9 Å². The van der Waals surface area contributed by atoms with E-state index < -0.39 is 41.5 Å². The summed E-state index contributed by atoms with van der Waals surface area (Å²) in [6.07, 6.45) is 0.471. The van der Waals surface area contributed by atoms with Crippen LogP contribution in [0.5, 0.6) is 5.75 Å². The molecule has 0 aliphatic rings. The van der Waals surface area contributed by atoms with Crippen LogP contribution >= 0.6 is 0 Å². The summed E-state index contributed by atoms with van der Waals surface area (Å²) in [6, 6.07) is 25.5. The topological polar surface area (TPSA) is 183 Å². The highest BCUT2D eigenvalue weighted by molar-refractivity contribution is 7.86. The van der Waals surface area contributed by atoms with E-state index in [9.17, 15) is 31.0 Å². The standard InChI is InChI=1S/C34H29N5O7S2/c1-20-27-12-8-7-11-23(27)13-14-28(20)37-38-33-30(48(44,45)46)17-24-16-26(47(41,42)43)19-29(32(24)34(33)40)39(3)31-18-25(35-21(2)36-31)15-22-9-5-4-6-10-22/h4-14,16-19,40H,15H2,1-3H3,(H,41,42,43)(H,44,45,46). The van der Waals surface area contributed by atoms with Gasteiger partial charge in [0.1, 0.15) is 22.2 Å². The fourth-order valence-electron chi connectivity index (χ4n) is 5.58. The lowest BCUT2D eigenvalue weighted by Gasteiger charge is -2.23. The van der Waals surface area contributed by atoms with E-state index in [4.69, 9.17) is 0 Å². The van der Waals surface area contributed by atoms with Crippen molar-refractivity contribution in [1.29, 1.82) is 0 Å². The summed E-state index contributed by atoms with van der Waals surface area (Å²) in [5.74, 6) is 0.0235. The van der Waals surface area contributed by atoms with Gasteiger partial charge in [-0.25, -0.2) is 9.97 Å². The Morgan fingerprint density at radius 1 is 0.771 bits per heavy atom. The van der Waals surface area contributed by atoms with Crippen LogP contribution in [0.3, 0.4) is 0 Å². The van der Waals surface area contributed by atoms with Crippen molar-refractivity contribution in [3.63, 3.8) is 0 Å². The lowest BCUT2D eigenvalue weighted by Crippen LogP contribution is -2.15. The van der Waals surface area contributed by atoms with Crippen molar-refractivity contribution in [2.24, 2.45) is 10.2 Å². The van der Waals surface area contributed by atoms with Gasteiger partial charge in [0.2, 0.25) is 0 Å². The summed E-state index contributed by atoms with van der Waals surface area (Å²) in [5, 5.41) is 21.7. The molecule has 0 spiro atoms.